The lowest BCUT2D eigenvalue weighted by atomic mass is 9.95. The van der Waals surface area contributed by atoms with Crippen molar-refractivity contribution in [3.8, 4) is 0 Å². The molecule has 0 aliphatic carbocycles. The van der Waals surface area contributed by atoms with E-state index in [9.17, 15) is 14.7 Å². The minimum absolute atomic E-state index is 0.0172. The van der Waals surface area contributed by atoms with Crippen LogP contribution < -0.4 is 5.56 Å². The number of carbonyl (C=O) groups is 1. The Morgan fingerprint density at radius 1 is 1.25 bits per heavy atom. The Kier molecular flexibility index (Phi) is 5.58. The first kappa shape index (κ1) is 17.5. The molecule has 2 fully saturated rings. The molecule has 1 aromatic heterocycles. The van der Waals surface area contributed by atoms with Crippen molar-refractivity contribution in [3.05, 3.63) is 33.2 Å². The Morgan fingerprint density at radius 2 is 1.96 bits per heavy atom. The number of piperidine rings is 1. The fourth-order valence-electron chi connectivity index (χ4n) is 3.75. The van der Waals surface area contributed by atoms with E-state index >= 15 is 0 Å². The van der Waals surface area contributed by atoms with Gasteiger partial charge in [-0.1, -0.05) is 18.0 Å². The van der Waals surface area contributed by atoms with Crippen LogP contribution in [0.3, 0.4) is 0 Å². The Hall–Kier alpha value is -1.37. The first-order valence-electron chi connectivity index (χ1n) is 8.59. The Balaban J connectivity index is 1.67. The van der Waals surface area contributed by atoms with Crippen molar-refractivity contribution in [2.24, 2.45) is 11.8 Å². The number of amides is 1. The van der Waals surface area contributed by atoms with Crippen LogP contribution in [0.2, 0.25) is 5.02 Å². The molecule has 132 valence electrons. The van der Waals surface area contributed by atoms with Gasteiger partial charge in [0.25, 0.3) is 11.5 Å². The quantitative estimate of drug-likeness (QED) is 0.852. The van der Waals surface area contributed by atoms with Gasteiger partial charge in [0.05, 0.1) is 5.56 Å². The second kappa shape index (κ2) is 7.68. The van der Waals surface area contributed by atoms with E-state index in [1.54, 1.807) is 4.90 Å². The van der Waals surface area contributed by atoms with Gasteiger partial charge in [-0.05, 0) is 37.9 Å². The molecule has 0 aromatic carbocycles. The van der Waals surface area contributed by atoms with Gasteiger partial charge >= 0.3 is 0 Å². The fraction of sp³-hybridized carbons (Fsp3) is 0.647. The Morgan fingerprint density at radius 3 is 2.62 bits per heavy atom. The average Bonchev–Trinajstić information content (AvgIpc) is 3.00. The molecule has 2 saturated heterocycles. The number of aromatic nitrogens is 1. The Bertz CT molecular complexity index is 642. The molecule has 7 heteroatoms. The predicted molar refractivity (Wildman–Crippen MR) is 92.3 cm³/mol. The van der Waals surface area contributed by atoms with Gasteiger partial charge in [0.1, 0.15) is 5.02 Å². The van der Waals surface area contributed by atoms with Crippen molar-refractivity contribution in [1.82, 2.24) is 14.8 Å². The first-order chi connectivity index (χ1) is 11.6. The summed E-state index contributed by atoms with van der Waals surface area (Å²) >= 11 is 5.82. The van der Waals surface area contributed by atoms with Crippen LogP contribution in [0.15, 0.2) is 17.1 Å². The summed E-state index contributed by atoms with van der Waals surface area (Å²) in [7, 11) is 0. The lowest BCUT2D eigenvalue weighted by Crippen LogP contribution is -2.37. The van der Waals surface area contributed by atoms with Crippen LogP contribution in [0.5, 0.6) is 0 Å². The van der Waals surface area contributed by atoms with Gasteiger partial charge in [-0.15, -0.1) is 0 Å². The van der Waals surface area contributed by atoms with Crippen LogP contribution in [-0.4, -0.2) is 65.1 Å². The largest absolute Gasteiger partial charge is 0.396 e. The van der Waals surface area contributed by atoms with Gasteiger partial charge in [0.2, 0.25) is 0 Å². The molecular formula is C17H24ClN3O3. The molecule has 6 nitrogen and oxygen atoms in total. The third-order valence-corrected chi connectivity index (χ3v) is 5.43. The maximum absolute atomic E-state index is 12.7. The number of halogens is 1. The van der Waals surface area contributed by atoms with Gasteiger partial charge in [-0.3, -0.25) is 9.59 Å². The molecule has 2 aliphatic heterocycles. The molecule has 2 aliphatic rings. The highest BCUT2D eigenvalue weighted by Crippen LogP contribution is 2.26. The zero-order chi connectivity index (χ0) is 17.1. The fourth-order valence-corrected chi connectivity index (χ4v) is 3.93. The maximum atomic E-state index is 12.7. The molecule has 2 N–H and O–H groups in total. The number of aliphatic hydroxyl groups is 1. The third-order valence-electron chi connectivity index (χ3n) is 5.14. The van der Waals surface area contributed by atoms with E-state index in [2.05, 4.69) is 9.88 Å². The van der Waals surface area contributed by atoms with E-state index < -0.39 is 5.56 Å². The van der Waals surface area contributed by atoms with Crippen LogP contribution in [0.25, 0.3) is 0 Å². The monoisotopic (exact) mass is 353 g/mol. The summed E-state index contributed by atoms with van der Waals surface area (Å²) < 4.78 is 0. The molecule has 0 saturated carbocycles. The molecule has 1 amide bonds. The number of aliphatic hydroxyl groups excluding tert-OH is 1. The van der Waals surface area contributed by atoms with Gasteiger partial charge in [-0.25, -0.2) is 0 Å². The van der Waals surface area contributed by atoms with Gasteiger partial charge in [0.15, 0.2) is 0 Å². The van der Waals surface area contributed by atoms with Crippen molar-refractivity contribution in [3.63, 3.8) is 0 Å². The van der Waals surface area contributed by atoms with E-state index in [0.717, 1.165) is 19.6 Å². The highest BCUT2D eigenvalue weighted by Gasteiger charge is 2.36. The number of carbonyl (C=O) groups excluding carboxylic acids is 1. The molecule has 0 spiro atoms. The molecule has 0 bridgehead atoms. The molecular weight excluding hydrogens is 330 g/mol. The molecule has 3 heterocycles. The van der Waals surface area contributed by atoms with E-state index in [0.29, 0.717) is 18.7 Å². The standard InChI is InChI=1S/C17H24ClN3O3/c18-15-6-12(7-19-16(15)23)17(24)21-9-13(14(10-21)11-22)8-20-4-2-1-3-5-20/h6-7,13-14,22H,1-5,8-11H2,(H,19,23)/t13-,14-/m1/s1. The predicted octanol–water partition coefficient (Wildman–Crippen LogP) is 1.19. The second-order valence-corrected chi connectivity index (χ2v) is 7.25. The normalized spacial score (nSPS) is 25.2. The molecule has 3 rings (SSSR count). The summed E-state index contributed by atoms with van der Waals surface area (Å²) in [6.45, 7) is 4.42. The summed E-state index contributed by atoms with van der Waals surface area (Å²) in [4.78, 5) is 30.7. The van der Waals surface area contributed by atoms with Crippen LogP contribution in [0.4, 0.5) is 0 Å². The number of aromatic amines is 1. The smallest absolute Gasteiger partial charge is 0.266 e. The number of nitrogens with zero attached hydrogens (tertiary/aromatic N) is 2. The van der Waals surface area contributed by atoms with Crippen LogP contribution in [0, 0.1) is 11.8 Å². The first-order valence-corrected chi connectivity index (χ1v) is 8.97. The van der Waals surface area contributed by atoms with Crippen molar-refractivity contribution in [2.75, 3.05) is 39.3 Å². The summed E-state index contributed by atoms with van der Waals surface area (Å²) in [6.07, 6.45) is 5.16. The molecule has 2 atom stereocenters. The number of nitrogens with one attached hydrogen (secondary N) is 1. The number of likely N-dealkylation sites (tertiary alicyclic amines) is 2. The number of pyridine rings is 1. The zero-order valence-corrected chi connectivity index (χ0v) is 14.5. The van der Waals surface area contributed by atoms with Crippen LogP contribution in [0.1, 0.15) is 29.6 Å². The number of H-pyrrole nitrogens is 1. The lowest BCUT2D eigenvalue weighted by Gasteiger charge is -2.30. The maximum Gasteiger partial charge on any atom is 0.266 e. The highest BCUT2D eigenvalue weighted by molar-refractivity contribution is 6.30. The molecule has 1 aromatic rings. The van der Waals surface area contributed by atoms with Crippen molar-refractivity contribution < 1.29 is 9.90 Å². The van der Waals surface area contributed by atoms with Crippen molar-refractivity contribution in [2.45, 2.75) is 19.3 Å². The number of hydrogen-bond acceptors (Lipinski definition) is 4. The van der Waals surface area contributed by atoms with Gasteiger partial charge in [0, 0.05) is 38.4 Å². The third kappa shape index (κ3) is 3.82. The summed E-state index contributed by atoms with van der Waals surface area (Å²) in [5.74, 6) is 0.247. The molecule has 0 radical (unpaired) electrons. The van der Waals surface area contributed by atoms with Crippen molar-refractivity contribution >= 4 is 17.5 Å². The minimum atomic E-state index is -0.397. The molecule has 0 unspecified atom stereocenters. The van der Waals surface area contributed by atoms with E-state index in [-0.39, 0.29) is 29.4 Å². The van der Waals surface area contributed by atoms with E-state index in [1.165, 1.54) is 31.5 Å². The van der Waals surface area contributed by atoms with Crippen LogP contribution >= 0.6 is 11.6 Å². The lowest BCUT2D eigenvalue weighted by molar-refractivity contribution is 0.0778. The summed E-state index contributed by atoms with van der Waals surface area (Å²) in [6, 6.07) is 1.41. The second-order valence-electron chi connectivity index (χ2n) is 6.84. The SMILES string of the molecule is O=C(c1c[nH]c(=O)c(Cl)c1)N1C[C@@H](CN2CCCCC2)[C@@H](CO)C1. The Labute approximate surface area is 146 Å². The number of rotatable bonds is 4. The summed E-state index contributed by atoms with van der Waals surface area (Å²) in [5, 5.41) is 9.71. The molecule has 24 heavy (non-hydrogen) atoms. The minimum Gasteiger partial charge on any atom is -0.396 e. The van der Waals surface area contributed by atoms with Gasteiger partial charge in [-0.2, -0.15) is 0 Å². The van der Waals surface area contributed by atoms with Crippen LogP contribution in [-0.2, 0) is 0 Å². The van der Waals surface area contributed by atoms with Gasteiger partial charge < -0.3 is 19.9 Å². The van der Waals surface area contributed by atoms with E-state index in [1.807, 2.05) is 0 Å². The number of hydrogen-bond donors (Lipinski definition) is 2. The summed E-state index contributed by atoms with van der Waals surface area (Å²) in [5.41, 5.74) is -0.0132. The average molecular weight is 354 g/mol. The topological polar surface area (TPSA) is 76.6 Å². The van der Waals surface area contributed by atoms with E-state index in [4.69, 9.17) is 11.6 Å². The zero-order valence-electron chi connectivity index (χ0n) is 13.7. The highest BCUT2D eigenvalue weighted by atomic mass is 35.5. The van der Waals surface area contributed by atoms with Crippen molar-refractivity contribution in [1.29, 1.82) is 0 Å².